The summed E-state index contributed by atoms with van der Waals surface area (Å²) in [7, 11) is 0. The van der Waals surface area contributed by atoms with E-state index < -0.39 is 0 Å². The lowest BCUT2D eigenvalue weighted by Gasteiger charge is -2.29. The van der Waals surface area contributed by atoms with Gasteiger partial charge in [0, 0.05) is 12.1 Å². The summed E-state index contributed by atoms with van der Waals surface area (Å²) in [6, 6.07) is 12.0. The molecule has 1 N–H and O–H groups in total. The van der Waals surface area contributed by atoms with Crippen LogP contribution in [0.4, 0.5) is 0 Å². The summed E-state index contributed by atoms with van der Waals surface area (Å²) >= 11 is 0. The molecule has 0 saturated heterocycles. The number of benzene rings is 1. The van der Waals surface area contributed by atoms with Crippen molar-refractivity contribution in [3.63, 3.8) is 0 Å². The summed E-state index contributed by atoms with van der Waals surface area (Å²) in [6.07, 6.45) is 5.47. The highest BCUT2D eigenvalue weighted by Crippen LogP contribution is 2.25. The number of hydrogen-bond donors (Lipinski definition) is 1. The molecule has 88 valence electrons. The van der Waals surface area contributed by atoms with Crippen LogP contribution in [0.3, 0.4) is 0 Å². The largest absolute Gasteiger partial charge is 0.307 e. The molecule has 1 fully saturated rings. The molecule has 0 aromatic heterocycles. The Bertz CT molecular complexity index is 298. The third-order valence-corrected chi connectivity index (χ3v) is 3.80. The van der Waals surface area contributed by atoms with Crippen molar-refractivity contribution < 1.29 is 0 Å². The second-order valence-electron chi connectivity index (χ2n) is 5.26. The van der Waals surface area contributed by atoms with Gasteiger partial charge in [0.25, 0.3) is 0 Å². The molecule has 1 nitrogen and oxygen atoms in total. The van der Waals surface area contributed by atoms with E-state index in [4.69, 9.17) is 0 Å². The highest BCUT2D eigenvalue weighted by molar-refractivity contribution is 5.18. The first-order valence-corrected chi connectivity index (χ1v) is 6.56. The van der Waals surface area contributed by atoms with E-state index >= 15 is 0 Å². The average Bonchev–Trinajstić information content (AvgIpc) is 2.33. The van der Waals surface area contributed by atoms with E-state index in [-0.39, 0.29) is 0 Å². The van der Waals surface area contributed by atoms with Crippen molar-refractivity contribution >= 4 is 0 Å². The Morgan fingerprint density at radius 3 is 2.31 bits per heavy atom. The van der Waals surface area contributed by atoms with Gasteiger partial charge in [0.2, 0.25) is 0 Å². The third-order valence-electron chi connectivity index (χ3n) is 3.80. The van der Waals surface area contributed by atoms with Crippen molar-refractivity contribution in [1.82, 2.24) is 5.32 Å². The van der Waals surface area contributed by atoms with Crippen LogP contribution in [0.2, 0.25) is 0 Å². The highest BCUT2D eigenvalue weighted by atomic mass is 14.9. The summed E-state index contributed by atoms with van der Waals surface area (Å²) in [6.45, 7) is 4.64. The van der Waals surface area contributed by atoms with Crippen molar-refractivity contribution in [1.29, 1.82) is 0 Å². The molecule has 0 radical (unpaired) electrons. The number of rotatable bonds is 3. The number of hydrogen-bond acceptors (Lipinski definition) is 1. The van der Waals surface area contributed by atoms with Crippen LogP contribution in [0.1, 0.15) is 51.1 Å². The van der Waals surface area contributed by atoms with Gasteiger partial charge in [-0.25, -0.2) is 0 Å². The third kappa shape index (κ3) is 3.08. The molecule has 2 rings (SSSR count). The molecule has 1 saturated carbocycles. The van der Waals surface area contributed by atoms with Crippen molar-refractivity contribution in [2.45, 2.75) is 51.6 Å². The summed E-state index contributed by atoms with van der Waals surface area (Å²) in [5.74, 6) is 0.935. The summed E-state index contributed by atoms with van der Waals surface area (Å²) in [4.78, 5) is 0. The zero-order chi connectivity index (χ0) is 11.4. The normalized spacial score (nSPS) is 27.6. The van der Waals surface area contributed by atoms with E-state index in [2.05, 4.69) is 49.5 Å². The predicted molar refractivity (Wildman–Crippen MR) is 69.4 cm³/mol. The van der Waals surface area contributed by atoms with Crippen LogP contribution < -0.4 is 5.32 Å². The minimum atomic E-state index is 0.486. The maximum atomic E-state index is 3.76. The average molecular weight is 217 g/mol. The second kappa shape index (κ2) is 5.49. The van der Waals surface area contributed by atoms with Gasteiger partial charge in [-0.1, -0.05) is 37.3 Å². The molecule has 1 aliphatic carbocycles. The molecule has 0 amide bonds. The molecule has 0 spiro atoms. The van der Waals surface area contributed by atoms with Crippen molar-refractivity contribution in [3.05, 3.63) is 35.9 Å². The lowest BCUT2D eigenvalue weighted by Crippen LogP contribution is -2.34. The maximum Gasteiger partial charge on any atom is 0.0294 e. The smallest absolute Gasteiger partial charge is 0.0294 e. The summed E-state index contributed by atoms with van der Waals surface area (Å²) < 4.78 is 0. The van der Waals surface area contributed by atoms with E-state index in [1.54, 1.807) is 0 Å². The lowest BCUT2D eigenvalue weighted by atomic mass is 9.87. The van der Waals surface area contributed by atoms with Gasteiger partial charge in [0.1, 0.15) is 0 Å². The molecule has 1 aromatic carbocycles. The minimum Gasteiger partial charge on any atom is -0.307 e. The lowest BCUT2D eigenvalue weighted by molar-refractivity contribution is 0.292. The van der Waals surface area contributed by atoms with E-state index in [1.807, 2.05) is 0 Å². The molecule has 1 aromatic rings. The van der Waals surface area contributed by atoms with Gasteiger partial charge in [-0.2, -0.15) is 0 Å². The summed E-state index contributed by atoms with van der Waals surface area (Å²) in [5.41, 5.74) is 1.40. The molecule has 0 heterocycles. The van der Waals surface area contributed by atoms with Gasteiger partial charge in [-0.15, -0.1) is 0 Å². The molecule has 1 heteroatoms. The van der Waals surface area contributed by atoms with Crippen LogP contribution in [0.15, 0.2) is 30.3 Å². The Kier molecular flexibility index (Phi) is 4.00. The fourth-order valence-corrected chi connectivity index (χ4v) is 2.62. The Morgan fingerprint density at radius 2 is 1.69 bits per heavy atom. The second-order valence-corrected chi connectivity index (χ2v) is 5.26. The first-order valence-electron chi connectivity index (χ1n) is 6.56. The molecule has 0 bridgehead atoms. The van der Waals surface area contributed by atoms with Crippen LogP contribution in [-0.4, -0.2) is 6.04 Å². The molecule has 16 heavy (non-hydrogen) atoms. The first kappa shape index (κ1) is 11.7. The zero-order valence-corrected chi connectivity index (χ0v) is 10.4. The van der Waals surface area contributed by atoms with Crippen LogP contribution in [0.5, 0.6) is 0 Å². The van der Waals surface area contributed by atoms with E-state index in [1.165, 1.54) is 31.2 Å². The quantitative estimate of drug-likeness (QED) is 0.809. The molecular weight excluding hydrogens is 194 g/mol. The Morgan fingerprint density at radius 1 is 1.06 bits per heavy atom. The predicted octanol–water partition coefficient (Wildman–Crippen LogP) is 3.92. The topological polar surface area (TPSA) is 12.0 Å². The fraction of sp³-hybridized carbons (Fsp3) is 0.600. The first-order chi connectivity index (χ1) is 7.75. The van der Waals surface area contributed by atoms with Gasteiger partial charge in [0.05, 0.1) is 0 Å². The van der Waals surface area contributed by atoms with Gasteiger partial charge in [-0.05, 0) is 44.1 Å². The van der Waals surface area contributed by atoms with E-state index in [9.17, 15) is 0 Å². The minimum absolute atomic E-state index is 0.486. The van der Waals surface area contributed by atoms with Gasteiger partial charge < -0.3 is 5.32 Å². The van der Waals surface area contributed by atoms with Gasteiger partial charge >= 0.3 is 0 Å². The Labute approximate surface area is 99.3 Å². The molecule has 0 aliphatic heterocycles. The monoisotopic (exact) mass is 217 g/mol. The van der Waals surface area contributed by atoms with Crippen molar-refractivity contribution in [2.24, 2.45) is 5.92 Å². The maximum absolute atomic E-state index is 3.76. The van der Waals surface area contributed by atoms with E-state index in [0.717, 1.165) is 12.0 Å². The molecule has 1 aliphatic rings. The van der Waals surface area contributed by atoms with Crippen LogP contribution in [-0.2, 0) is 0 Å². The molecule has 1 atom stereocenters. The molecular formula is C15H23N. The van der Waals surface area contributed by atoms with Crippen LogP contribution in [0.25, 0.3) is 0 Å². The zero-order valence-electron chi connectivity index (χ0n) is 10.4. The Hall–Kier alpha value is -0.820. The van der Waals surface area contributed by atoms with Crippen molar-refractivity contribution in [2.75, 3.05) is 0 Å². The Balaban J connectivity index is 1.86. The number of nitrogens with one attached hydrogen (secondary N) is 1. The van der Waals surface area contributed by atoms with Gasteiger partial charge in [0.15, 0.2) is 0 Å². The summed E-state index contributed by atoms with van der Waals surface area (Å²) in [5, 5.41) is 3.76. The van der Waals surface area contributed by atoms with Crippen LogP contribution in [0, 0.1) is 5.92 Å². The molecule has 0 unspecified atom stereocenters. The SMILES string of the molecule is CC1CCC(N[C@@H](C)c2ccccc2)CC1. The standard InChI is InChI=1S/C15H23N/c1-12-8-10-15(11-9-12)16-13(2)14-6-4-3-5-7-14/h3-7,12-13,15-16H,8-11H2,1-2H3/t12?,13-,15?/m0/s1. The van der Waals surface area contributed by atoms with Gasteiger partial charge in [-0.3, -0.25) is 0 Å². The van der Waals surface area contributed by atoms with Crippen LogP contribution >= 0.6 is 0 Å². The highest BCUT2D eigenvalue weighted by Gasteiger charge is 2.19. The van der Waals surface area contributed by atoms with E-state index in [0.29, 0.717) is 6.04 Å². The fourth-order valence-electron chi connectivity index (χ4n) is 2.62. The van der Waals surface area contributed by atoms with Crippen molar-refractivity contribution in [3.8, 4) is 0 Å².